The number of ether oxygens (including phenoxy) is 2. The zero-order valence-electron chi connectivity index (χ0n) is 5.81. The first-order valence-electron chi connectivity index (χ1n) is 3.42. The van der Waals surface area contributed by atoms with Crippen LogP contribution in [0.15, 0.2) is 0 Å². The molecule has 1 heterocycles. The van der Waals surface area contributed by atoms with Gasteiger partial charge in [0, 0.05) is 0 Å². The van der Waals surface area contributed by atoms with Crippen LogP contribution in [0.5, 0.6) is 0 Å². The Kier molecular flexibility index (Phi) is 2.90. The number of hydrogen-bond acceptors (Lipinski definition) is 2. The van der Waals surface area contributed by atoms with Crippen molar-refractivity contribution in [3.05, 3.63) is 0 Å². The van der Waals surface area contributed by atoms with Crippen LogP contribution < -0.4 is 17.0 Å². The van der Waals surface area contributed by atoms with Crippen molar-refractivity contribution in [2.75, 3.05) is 13.2 Å². The van der Waals surface area contributed by atoms with Crippen molar-refractivity contribution < 1.29 is 44.8 Å². The number of hydrogen-bond donors (Lipinski definition) is 0. The maximum atomic E-state index is 5.44. The summed E-state index contributed by atoms with van der Waals surface area (Å²) in [5.74, 6) is -0.0804. The fourth-order valence-electron chi connectivity index (χ4n) is 1.55. The Morgan fingerprint density at radius 2 is 1.70 bits per heavy atom. The van der Waals surface area contributed by atoms with Gasteiger partial charge in [-0.15, -0.1) is 0 Å². The molecular formula is C6H9BrO2Zn. The predicted octanol–water partition coefficient (Wildman–Crippen LogP) is -2.14. The standard InChI is InChI=1S/C6H9O2.BrH.Zn/c1-2-6(3-1)7-4-5-8-6;;/h1H,2-5H2;1H;/q;;+1/p-1. The van der Waals surface area contributed by atoms with Crippen LogP contribution in [0.4, 0.5) is 0 Å². The molecule has 0 aromatic rings. The van der Waals surface area contributed by atoms with Crippen LogP contribution in [-0.2, 0) is 27.8 Å². The van der Waals surface area contributed by atoms with Gasteiger partial charge in [-0.2, -0.15) is 0 Å². The van der Waals surface area contributed by atoms with Gasteiger partial charge >= 0.3 is 64.1 Å². The monoisotopic (exact) mass is 256 g/mol. The van der Waals surface area contributed by atoms with E-state index >= 15 is 0 Å². The summed E-state index contributed by atoms with van der Waals surface area (Å²) < 4.78 is 11.8. The van der Waals surface area contributed by atoms with Gasteiger partial charge in [-0.05, 0) is 0 Å². The molecular weight excluding hydrogens is 249 g/mol. The van der Waals surface area contributed by atoms with Gasteiger partial charge in [-0.1, -0.05) is 0 Å². The number of halogens is 1. The van der Waals surface area contributed by atoms with E-state index < -0.39 is 0 Å². The zero-order valence-corrected chi connectivity index (χ0v) is 10.4. The Labute approximate surface area is 81.1 Å². The van der Waals surface area contributed by atoms with Crippen molar-refractivity contribution in [2.24, 2.45) is 0 Å². The third-order valence-corrected chi connectivity index (χ3v) is 3.22. The molecule has 1 spiro atoms. The summed E-state index contributed by atoms with van der Waals surface area (Å²) in [4.78, 5) is 0. The molecule has 2 aliphatic rings. The van der Waals surface area contributed by atoms with Crippen LogP contribution in [0.2, 0.25) is 4.51 Å². The normalized spacial score (nSPS) is 29.8. The predicted molar refractivity (Wildman–Crippen MR) is 27.6 cm³/mol. The van der Waals surface area contributed by atoms with E-state index in [0.717, 1.165) is 30.6 Å². The third-order valence-electron chi connectivity index (χ3n) is 2.01. The second-order valence-corrected chi connectivity index (χ2v) is 5.30. The van der Waals surface area contributed by atoms with Gasteiger partial charge in [0.1, 0.15) is 0 Å². The van der Waals surface area contributed by atoms with Crippen LogP contribution >= 0.6 is 0 Å². The van der Waals surface area contributed by atoms with Crippen LogP contribution in [0.1, 0.15) is 12.8 Å². The van der Waals surface area contributed by atoms with Crippen molar-refractivity contribution in [2.45, 2.75) is 23.1 Å². The average molecular weight is 258 g/mol. The van der Waals surface area contributed by atoms with E-state index in [1.54, 1.807) is 0 Å². The Morgan fingerprint density at radius 1 is 1.20 bits per heavy atom. The van der Waals surface area contributed by atoms with Gasteiger partial charge in [0.2, 0.25) is 0 Å². The summed E-state index contributed by atoms with van der Waals surface area (Å²) in [6, 6.07) is 0. The molecule has 2 rings (SSSR count). The van der Waals surface area contributed by atoms with Crippen molar-refractivity contribution in [1.82, 2.24) is 0 Å². The van der Waals surface area contributed by atoms with E-state index in [4.69, 9.17) is 9.47 Å². The maximum absolute atomic E-state index is 5.44. The molecule has 2 fully saturated rings. The summed E-state index contributed by atoms with van der Waals surface area (Å²) in [7, 11) is 0. The Morgan fingerprint density at radius 3 is 2.10 bits per heavy atom. The molecule has 4 heteroatoms. The molecule has 1 aliphatic carbocycles. The molecule has 0 bridgehead atoms. The van der Waals surface area contributed by atoms with Crippen LogP contribution in [-0.4, -0.2) is 19.0 Å². The third kappa shape index (κ3) is 1.45. The molecule has 1 saturated carbocycles. The van der Waals surface area contributed by atoms with Crippen molar-refractivity contribution >= 4 is 0 Å². The van der Waals surface area contributed by atoms with Gasteiger partial charge in [0.25, 0.3) is 0 Å². The Hall–Kier alpha value is 1.02. The Bertz CT molecular complexity index is 117. The zero-order chi connectivity index (χ0) is 6.32. The molecule has 0 aromatic heterocycles. The van der Waals surface area contributed by atoms with Gasteiger partial charge in [-0.25, -0.2) is 0 Å². The molecule has 0 aromatic carbocycles. The van der Waals surface area contributed by atoms with Crippen LogP contribution in [0, 0.1) is 0 Å². The first kappa shape index (κ1) is 9.11. The summed E-state index contributed by atoms with van der Waals surface area (Å²) in [5.41, 5.74) is 0. The SMILES string of the molecule is [Br-].[Zn+][CH]1CC2(C1)OCCO2. The fourth-order valence-corrected chi connectivity index (χ4v) is 3.40. The summed E-state index contributed by atoms with van der Waals surface area (Å²) in [6.45, 7) is 1.62. The molecule has 0 radical (unpaired) electrons. The summed E-state index contributed by atoms with van der Waals surface area (Å²) in [5, 5.41) is 0. The summed E-state index contributed by atoms with van der Waals surface area (Å²) in [6.07, 6.45) is 2.32. The van der Waals surface area contributed by atoms with E-state index in [1.807, 2.05) is 0 Å². The van der Waals surface area contributed by atoms with E-state index in [2.05, 4.69) is 0 Å². The van der Waals surface area contributed by atoms with Crippen molar-refractivity contribution in [3.8, 4) is 0 Å². The minimum absolute atomic E-state index is 0. The van der Waals surface area contributed by atoms with Gasteiger partial charge < -0.3 is 17.0 Å². The van der Waals surface area contributed by atoms with Gasteiger partial charge in [-0.3, -0.25) is 0 Å². The van der Waals surface area contributed by atoms with E-state index in [1.165, 1.54) is 18.3 Å². The van der Waals surface area contributed by atoms with Gasteiger partial charge in [0.15, 0.2) is 0 Å². The first-order chi connectivity index (χ1) is 4.31. The van der Waals surface area contributed by atoms with E-state index in [-0.39, 0.29) is 22.8 Å². The molecule has 2 nitrogen and oxygen atoms in total. The molecule has 0 N–H and O–H groups in total. The molecule has 54 valence electrons. The molecule has 0 unspecified atom stereocenters. The van der Waals surface area contributed by atoms with E-state index in [9.17, 15) is 0 Å². The summed E-state index contributed by atoms with van der Waals surface area (Å²) >= 11 is 1.40. The Balaban J connectivity index is 0.000000500. The molecule has 1 aliphatic heterocycles. The van der Waals surface area contributed by atoms with Crippen molar-refractivity contribution in [1.29, 1.82) is 0 Å². The second kappa shape index (κ2) is 3.18. The average Bonchev–Trinajstić information content (AvgIpc) is 2.12. The minimum atomic E-state index is -0.0804. The van der Waals surface area contributed by atoms with Crippen molar-refractivity contribution in [3.63, 3.8) is 0 Å². The molecule has 1 saturated heterocycles. The van der Waals surface area contributed by atoms with Crippen LogP contribution in [0.25, 0.3) is 0 Å². The second-order valence-electron chi connectivity index (χ2n) is 2.88. The fraction of sp³-hybridized carbons (Fsp3) is 1.00. The first-order valence-corrected chi connectivity index (χ1v) is 5.13. The number of rotatable bonds is 0. The van der Waals surface area contributed by atoms with Crippen LogP contribution in [0.3, 0.4) is 0 Å². The molecule has 10 heavy (non-hydrogen) atoms. The topological polar surface area (TPSA) is 18.5 Å². The molecule has 0 atom stereocenters. The van der Waals surface area contributed by atoms with E-state index in [0.29, 0.717) is 0 Å². The quantitative estimate of drug-likeness (QED) is 0.462. The van der Waals surface area contributed by atoms with Gasteiger partial charge in [0.05, 0.1) is 0 Å². The molecule has 0 amide bonds.